The van der Waals surface area contributed by atoms with Gasteiger partial charge in [-0.1, -0.05) is 36.4 Å². The standard InChI is InChI=1S/C28H29N5O6S.H2S/c1-4-39-24-14-7-11-21(29-24)26-30-31-27(33(26)25-22(37-2)12-8-13-23(25)38-3)28(34)32-40(35,36)20-16-15-18-9-5-6-10-19(18)17-20;/h5-14,20H,4,15-17H2,1-3H3,(H,32,34);1H2/t20-;/m0./s1. The zero-order valence-electron chi connectivity index (χ0n) is 22.8. The molecule has 2 aromatic heterocycles. The number of benzene rings is 2. The molecule has 1 N–H and O–H groups in total. The molecular formula is C28H31N5O6S2. The van der Waals surface area contributed by atoms with Gasteiger partial charge >= 0.3 is 5.91 Å². The lowest BCUT2D eigenvalue weighted by molar-refractivity contribution is 0.0969. The van der Waals surface area contributed by atoms with Crippen LogP contribution in [-0.2, 0) is 22.9 Å². The van der Waals surface area contributed by atoms with Crippen LogP contribution in [0.5, 0.6) is 17.4 Å². The highest BCUT2D eigenvalue weighted by atomic mass is 32.2. The van der Waals surface area contributed by atoms with Gasteiger partial charge in [0.15, 0.2) is 5.82 Å². The molecule has 0 saturated heterocycles. The zero-order valence-corrected chi connectivity index (χ0v) is 24.6. The van der Waals surface area contributed by atoms with E-state index in [9.17, 15) is 13.2 Å². The van der Waals surface area contributed by atoms with Gasteiger partial charge in [0, 0.05) is 6.07 Å². The highest BCUT2D eigenvalue weighted by Crippen LogP contribution is 2.36. The summed E-state index contributed by atoms with van der Waals surface area (Å²) in [5.74, 6) is 0.00300. The summed E-state index contributed by atoms with van der Waals surface area (Å²) in [5, 5.41) is 7.57. The molecule has 0 bridgehead atoms. The average Bonchev–Trinajstić information content (AvgIpc) is 3.41. The van der Waals surface area contributed by atoms with Gasteiger partial charge in [-0.15, -0.1) is 10.2 Å². The number of rotatable bonds is 9. The van der Waals surface area contributed by atoms with E-state index in [4.69, 9.17) is 14.2 Å². The van der Waals surface area contributed by atoms with E-state index >= 15 is 0 Å². The van der Waals surface area contributed by atoms with Crippen molar-refractivity contribution in [2.45, 2.75) is 31.4 Å². The summed E-state index contributed by atoms with van der Waals surface area (Å²) in [6.07, 6.45) is 1.31. The summed E-state index contributed by atoms with van der Waals surface area (Å²) >= 11 is 0. The summed E-state index contributed by atoms with van der Waals surface area (Å²) in [4.78, 5) is 18.1. The number of para-hydroxylation sites is 1. The molecule has 1 aliphatic carbocycles. The first kappa shape index (κ1) is 29.9. The van der Waals surface area contributed by atoms with Crippen molar-refractivity contribution in [3.8, 4) is 34.6 Å². The van der Waals surface area contributed by atoms with Crippen molar-refractivity contribution in [2.24, 2.45) is 0 Å². The highest BCUT2D eigenvalue weighted by molar-refractivity contribution is 7.90. The Morgan fingerprint density at radius 3 is 2.34 bits per heavy atom. The summed E-state index contributed by atoms with van der Waals surface area (Å²) < 4.78 is 47.1. The number of ether oxygens (including phenoxy) is 3. The van der Waals surface area contributed by atoms with Gasteiger partial charge in [-0.05, 0) is 55.5 Å². The topological polar surface area (TPSA) is 135 Å². The number of carbonyl (C=O) groups excluding carboxylic acids is 1. The fourth-order valence-corrected chi connectivity index (χ4v) is 6.16. The third-order valence-electron chi connectivity index (χ3n) is 6.71. The molecule has 216 valence electrons. The Kier molecular flexibility index (Phi) is 9.18. The number of hydrogen-bond acceptors (Lipinski definition) is 9. The average molecular weight is 598 g/mol. The Morgan fingerprint density at radius 2 is 1.66 bits per heavy atom. The Balaban J connectivity index is 0.00000387. The molecule has 0 aliphatic heterocycles. The summed E-state index contributed by atoms with van der Waals surface area (Å²) in [5.41, 5.74) is 2.73. The number of fused-ring (bicyclic) bond motifs is 1. The zero-order chi connectivity index (χ0) is 28.3. The van der Waals surface area contributed by atoms with Gasteiger partial charge in [0.05, 0.1) is 26.1 Å². The molecule has 5 rings (SSSR count). The van der Waals surface area contributed by atoms with Gasteiger partial charge in [-0.3, -0.25) is 9.36 Å². The molecule has 0 radical (unpaired) electrons. The van der Waals surface area contributed by atoms with E-state index in [0.717, 1.165) is 11.1 Å². The summed E-state index contributed by atoms with van der Waals surface area (Å²) in [6.45, 7) is 2.24. The molecule has 1 aliphatic rings. The fourth-order valence-electron chi connectivity index (χ4n) is 4.82. The van der Waals surface area contributed by atoms with Crippen LogP contribution in [-0.4, -0.2) is 60.1 Å². The van der Waals surface area contributed by atoms with Gasteiger partial charge in [0.25, 0.3) is 0 Å². The minimum atomic E-state index is -4.05. The number of sulfonamides is 1. The van der Waals surface area contributed by atoms with E-state index in [1.807, 2.05) is 31.2 Å². The van der Waals surface area contributed by atoms with Gasteiger partial charge in [0.1, 0.15) is 22.9 Å². The molecule has 11 nitrogen and oxygen atoms in total. The molecular weight excluding hydrogens is 566 g/mol. The van der Waals surface area contributed by atoms with Crippen LogP contribution in [0.2, 0.25) is 0 Å². The Hall–Kier alpha value is -4.10. The summed E-state index contributed by atoms with van der Waals surface area (Å²) in [6, 6.07) is 17.9. The van der Waals surface area contributed by atoms with Gasteiger partial charge < -0.3 is 14.2 Å². The van der Waals surface area contributed by atoms with Crippen LogP contribution in [0.15, 0.2) is 60.7 Å². The second kappa shape index (κ2) is 12.6. The first-order valence-corrected chi connectivity index (χ1v) is 14.3. The van der Waals surface area contributed by atoms with Crippen LogP contribution in [0.3, 0.4) is 0 Å². The smallest absolute Gasteiger partial charge is 0.303 e. The quantitative estimate of drug-likeness (QED) is 0.308. The monoisotopic (exact) mass is 597 g/mol. The number of hydrogen-bond donors (Lipinski definition) is 1. The lowest BCUT2D eigenvalue weighted by atomic mass is 9.92. The number of aromatic nitrogens is 4. The van der Waals surface area contributed by atoms with Crippen LogP contribution in [0, 0.1) is 0 Å². The van der Waals surface area contributed by atoms with Crippen LogP contribution in [0.25, 0.3) is 17.2 Å². The number of carbonyl (C=O) groups is 1. The van der Waals surface area contributed by atoms with Crippen molar-refractivity contribution in [1.29, 1.82) is 0 Å². The molecule has 13 heteroatoms. The van der Waals surface area contributed by atoms with Gasteiger partial charge in [-0.2, -0.15) is 13.5 Å². The number of amides is 1. The fraction of sp³-hybridized carbons (Fsp3) is 0.286. The maximum atomic E-state index is 13.6. The van der Waals surface area contributed by atoms with Crippen molar-refractivity contribution in [1.82, 2.24) is 24.5 Å². The first-order chi connectivity index (χ1) is 19.4. The molecule has 0 saturated carbocycles. The van der Waals surface area contributed by atoms with Gasteiger partial charge in [0.2, 0.25) is 21.7 Å². The van der Waals surface area contributed by atoms with E-state index < -0.39 is 21.2 Å². The Morgan fingerprint density at radius 1 is 0.976 bits per heavy atom. The third-order valence-corrected chi connectivity index (χ3v) is 8.46. The molecule has 0 fully saturated rings. The lowest BCUT2D eigenvalue weighted by Crippen LogP contribution is -2.41. The van der Waals surface area contributed by atoms with Crippen molar-refractivity contribution in [3.63, 3.8) is 0 Å². The maximum absolute atomic E-state index is 13.6. The normalized spacial score (nSPS) is 14.4. The van der Waals surface area contributed by atoms with E-state index in [2.05, 4.69) is 19.9 Å². The van der Waals surface area contributed by atoms with Crippen LogP contribution >= 0.6 is 13.5 Å². The summed E-state index contributed by atoms with van der Waals surface area (Å²) in [7, 11) is -1.10. The van der Waals surface area contributed by atoms with Crippen molar-refractivity contribution >= 4 is 29.4 Å². The number of nitrogens with one attached hydrogen (secondary N) is 1. The largest absolute Gasteiger partial charge is 0.494 e. The van der Waals surface area contributed by atoms with Crippen molar-refractivity contribution in [2.75, 3.05) is 20.8 Å². The molecule has 4 aromatic rings. The van der Waals surface area contributed by atoms with E-state index in [1.54, 1.807) is 36.4 Å². The Labute approximate surface area is 245 Å². The highest BCUT2D eigenvalue weighted by Gasteiger charge is 2.34. The molecule has 1 amide bonds. The van der Waals surface area contributed by atoms with E-state index in [1.165, 1.54) is 18.8 Å². The van der Waals surface area contributed by atoms with E-state index in [-0.39, 0.29) is 25.1 Å². The van der Waals surface area contributed by atoms with Crippen LogP contribution < -0.4 is 18.9 Å². The maximum Gasteiger partial charge on any atom is 0.303 e. The van der Waals surface area contributed by atoms with Crippen LogP contribution in [0.4, 0.5) is 0 Å². The number of nitrogens with zero attached hydrogens (tertiary/aromatic N) is 4. The number of methoxy groups -OCH3 is 2. The van der Waals surface area contributed by atoms with Crippen molar-refractivity contribution < 1.29 is 27.4 Å². The predicted molar refractivity (Wildman–Crippen MR) is 158 cm³/mol. The third kappa shape index (κ3) is 6.00. The van der Waals surface area contributed by atoms with Gasteiger partial charge in [-0.25, -0.2) is 18.1 Å². The predicted octanol–water partition coefficient (Wildman–Crippen LogP) is 3.48. The number of pyridine rings is 1. The molecule has 2 aromatic carbocycles. The molecule has 41 heavy (non-hydrogen) atoms. The van der Waals surface area contributed by atoms with E-state index in [0.29, 0.717) is 54.6 Å². The molecule has 1 atom stereocenters. The first-order valence-electron chi connectivity index (χ1n) is 12.8. The second-order valence-electron chi connectivity index (χ2n) is 9.10. The minimum absolute atomic E-state index is 0. The molecule has 2 heterocycles. The second-order valence-corrected chi connectivity index (χ2v) is 11.1. The van der Waals surface area contributed by atoms with Crippen LogP contribution in [0.1, 0.15) is 35.1 Å². The Bertz CT molecular complexity index is 1640. The SMILES string of the molecule is CCOc1cccc(-c2nnc(C(=O)NS(=O)(=O)[C@H]3CCc4ccccc4C3)n2-c2c(OC)cccc2OC)n1.S. The molecule has 0 unspecified atom stereocenters. The van der Waals surface area contributed by atoms with Crippen molar-refractivity contribution in [3.05, 3.63) is 77.6 Å². The minimum Gasteiger partial charge on any atom is -0.494 e. The number of aryl methyl sites for hydroxylation is 1. The molecule has 0 spiro atoms. The lowest BCUT2D eigenvalue weighted by Gasteiger charge is -2.24.